The maximum Gasteiger partial charge on any atom is 0.0414 e. The summed E-state index contributed by atoms with van der Waals surface area (Å²) in [5.41, 5.74) is 4.12. The Morgan fingerprint density at radius 1 is 1.42 bits per heavy atom. The molecule has 0 unspecified atom stereocenters. The van der Waals surface area contributed by atoms with E-state index in [4.69, 9.17) is 0 Å². The summed E-state index contributed by atoms with van der Waals surface area (Å²) in [5.74, 6) is 0. The highest BCUT2D eigenvalue weighted by Crippen LogP contribution is 2.30. The summed E-state index contributed by atoms with van der Waals surface area (Å²) < 4.78 is 1.20. The Hall–Kier alpha value is -0.210. The normalized spacial score (nSPS) is 13.2. The number of hydrogen-bond donors (Lipinski definition) is 1. The third-order valence-corrected chi connectivity index (χ3v) is 3.04. The third kappa shape index (κ3) is 1.46. The van der Waals surface area contributed by atoms with Gasteiger partial charge in [0.05, 0.1) is 0 Å². The van der Waals surface area contributed by atoms with Gasteiger partial charge in [-0.25, -0.2) is 0 Å². The van der Waals surface area contributed by atoms with E-state index in [1.807, 2.05) is 0 Å². The van der Waals surface area contributed by atoms with Gasteiger partial charge in [-0.2, -0.15) is 0 Å². The van der Waals surface area contributed by atoms with Crippen molar-refractivity contribution in [3.63, 3.8) is 0 Å². The molecule has 1 N–H and O–H groups in total. The zero-order chi connectivity index (χ0) is 7.84. The number of halogens is 2. The maximum atomic E-state index is 3.51. The Morgan fingerprint density at radius 3 is 2.92 bits per heavy atom. The molecule has 1 aliphatic rings. The van der Waals surface area contributed by atoms with Crippen molar-refractivity contribution in [1.29, 1.82) is 0 Å². The Labute approximate surface area is 87.1 Å². The van der Waals surface area contributed by atoms with E-state index < -0.39 is 0 Å². The van der Waals surface area contributed by atoms with Crippen LogP contribution in [-0.4, -0.2) is 6.54 Å². The summed E-state index contributed by atoms with van der Waals surface area (Å²) in [6, 6.07) is 4.31. The SMILES string of the molecule is Cc1c(Br)ccc2c1NCC2.Cl. The summed E-state index contributed by atoms with van der Waals surface area (Å²) in [5, 5.41) is 3.38. The number of rotatable bonds is 0. The fourth-order valence-electron chi connectivity index (χ4n) is 1.52. The van der Waals surface area contributed by atoms with Crippen molar-refractivity contribution >= 4 is 34.0 Å². The van der Waals surface area contributed by atoms with Gasteiger partial charge < -0.3 is 5.32 Å². The molecule has 66 valence electrons. The monoisotopic (exact) mass is 247 g/mol. The molecule has 0 saturated heterocycles. The van der Waals surface area contributed by atoms with E-state index in [9.17, 15) is 0 Å². The van der Waals surface area contributed by atoms with E-state index in [-0.39, 0.29) is 12.4 Å². The van der Waals surface area contributed by atoms with Gasteiger partial charge in [0, 0.05) is 16.7 Å². The topological polar surface area (TPSA) is 12.0 Å². The van der Waals surface area contributed by atoms with Gasteiger partial charge in [-0.1, -0.05) is 22.0 Å². The molecule has 0 saturated carbocycles. The van der Waals surface area contributed by atoms with Crippen LogP contribution in [0.2, 0.25) is 0 Å². The molecular formula is C9H11BrClN. The lowest BCUT2D eigenvalue weighted by molar-refractivity contribution is 1.11. The van der Waals surface area contributed by atoms with Crippen LogP contribution in [0.4, 0.5) is 5.69 Å². The van der Waals surface area contributed by atoms with E-state index in [0.717, 1.165) is 6.54 Å². The minimum absolute atomic E-state index is 0. The quantitative estimate of drug-likeness (QED) is 0.744. The van der Waals surface area contributed by atoms with E-state index >= 15 is 0 Å². The second-order valence-electron chi connectivity index (χ2n) is 2.88. The summed E-state index contributed by atoms with van der Waals surface area (Å²) in [6.07, 6.45) is 1.17. The molecule has 3 heteroatoms. The van der Waals surface area contributed by atoms with Crippen LogP contribution in [0.25, 0.3) is 0 Å². The van der Waals surface area contributed by atoms with Crippen molar-refractivity contribution < 1.29 is 0 Å². The van der Waals surface area contributed by atoms with E-state index in [2.05, 4.69) is 40.3 Å². The van der Waals surface area contributed by atoms with Crippen molar-refractivity contribution in [1.82, 2.24) is 0 Å². The van der Waals surface area contributed by atoms with Crippen LogP contribution in [0.1, 0.15) is 11.1 Å². The van der Waals surface area contributed by atoms with E-state index in [0.29, 0.717) is 0 Å². The van der Waals surface area contributed by atoms with Crippen molar-refractivity contribution in [3.8, 4) is 0 Å². The standard InChI is InChI=1S/C9H10BrN.ClH/c1-6-8(10)3-2-7-4-5-11-9(6)7;/h2-3,11H,4-5H2,1H3;1H. The first kappa shape index (κ1) is 9.87. The number of benzene rings is 1. The first-order chi connectivity index (χ1) is 5.29. The van der Waals surface area contributed by atoms with Gasteiger partial charge in [0.25, 0.3) is 0 Å². The predicted molar refractivity (Wildman–Crippen MR) is 58.3 cm³/mol. The van der Waals surface area contributed by atoms with Gasteiger partial charge >= 0.3 is 0 Å². The molecule has 2 rings (SSSR count). The molecule has 0 atom stereocenters. The summed E-state index contributed by atoms with van der Waals surface area (Å²) in [6.45, 7) is 3.23. The molecule has 0 aliphatic carbocycles. The van der Waals surface area contributed by atoms with Crippen molar-refractivity contribution in [2.45, 2.75) is 13.3 Å². The summed E-state index contributed by atoms with van der Waals surface area (Å²) in [7, 11) is 0. The molecule has 0 amide bonds. The highest BCUT2D eigenvalue weighted by Gasteiger charge is 2.12. The van der Waals surface area contributed by atoms with Crippen molar-refractivity contribution in [2.75, 3.05) is 11.9 Å². The molecule has 0 fully saturated rings. The van der Waals surface area contributed by atoms with Gasteiger partial charge in [-0.05, 0) is 30.5 Å². The van der Waals surface area contributed by atoms with Crippen LogP contribution in [0.3, 0.4) is 0 Å². The molecule has 0 bridgehead atoms. The lowest BCUT2D eigenvalue weighted by Gasteiger charge is -2.05. The second-order valence-corrected chi connectivity index (χ2v) is 3.74. The lowest BCUT2D eigenvalue weighted by Crippen LogP contribution is -1.93. The number of fused-ring (bicyclic) bond motifs is 1. The summed E-state index contributed by atoms with van der Waals surface area (Å²) in [4.78, 5) is 0. The van der Waals surface area contributed by atoms with Gasteiger partial charge in [-0.3, -0.25) is 0 Å². The zero-order valence-corrected chi connectivity index (χ0v) is 9.26. The predicted octanol–water partition coefficient (Wildman–Crippen LogP) is 3.15. The van der Waals surface area contributed by atoms with Gasteiger partial charge in [-0.15, -0.1) is 12.4 Å². The molecule has 1 aromatic rings. The molecule has 1 aromatic carbocycles. The molecule has 1 nitrogen and oxygen atoms in total. The highest BCUT2D eigenvalue weighted by atomic mass is 79.9. The van der Waals surface area contributed by atoms with Gasteiger partial charge in [0.15, 0.2) is 0 Å². The number of nitrogens with one attached hydrogen (secondary N) is 1. The fourth-order valence-corrected chi connectivity index (χ4v) is 1.85. The van der Waals surface area contributed by atoms with E-state index in [1.54, 1.807) is 0 Å². The lowest BCUT2D eigenvalue weighted by atomic mass is 10.1. The maximum absolute atomic E-state index is 3.51. The molecule has 0 radical (unpaired) electrons. The van der Waals surface area contributed by atoms with Gasteiger partial charge in [0.2, 0.25) is 0 Å². The molecule has 0 aromatic heterocycles. The number of anilines is 1. The van der Waals surface area contributed by atoms with Crippen molar-refractivity contribution in [3.05, 3.63) is 27.7 Å². The van der Waals surface area contributed by atoms with Crippen LogP contribution in [0.15, 0.2) is 16.6 Å². The Bertz CT molecular complexity index is 299. The molecule has 12 heavy (non-hydrogen) atoms. The van der Waals surface area contributed by atoms with Crippen LogP contribution in [0, 0.1) is 6.92 Å². The molecule has 1 aliphatic heterocycles. The first-order valence-corrected chi connectivity index (χ1v) is 4.60. The smallest absolute Gasteiger partial charge is 0.0414 e. The fraction of sp³-hybridized carbons (Fsp3) is 0.333. The second kappa shape index (κ2) is 3.67. The van der Waals surface area contributed by atoms with Crippen LogP contribution >= 0.6 is 28.3 Å². The van der Waals surface area contributed by atoms with Crippen LogP contribution in [0.5, 0.6) is 0 Å². The Morgan fingerprint density at radius 2 is 2.17 bits per heavy atom. The minimum atomic E-state index is 0. The van der Waals surface area contributed by atoms with Crippen molar-refractivity contribution in [2.24, 2.45) is 0 Å². The number of hydrogen-bond acceptors (Lipinski definition) is 1. The Balaban J connectivity index is 0.000000720. The molecule has 1 heterocycles. The zero-order valence-electron chi connectivity index (χ0n) is 6.86. The highest BCUT2D eigenvalue weighted by molar-refractivity contribution is 9.10. The summed E-state index contributed by atoms with van der Waals surface area (Å²) >= 11 is 3.51. The first-order valence-electron chi connectivity index (χ1n) is 3.81. The Kier molecular flexibility index (Phi) is 3.02. The molecular weight excluding hydrogens is 237 g/mol. The van der Waals surface area contributed by atoms with E-state index in [1.165, 1.54) is 27.7 Å². The minimum Gasteiger partial charge on any atom is -0.384 e. The third-order valence-electron chi connectivity index (χ3n) is 2.18. The average molecular weight is 249 g/mol. The largest absolute Gasteiger partial charge is 0.384 e. The van der Waals surface area contributed by atoms with Crippen LogP contribution < -0.4 is 5.32 Å². The molecule has 0 spiro atoms. The van der Waals surface area contributed by atoms with Crippen LogP contribution in [-0.2, 0) is 6.42 Å². The van der Waals surface area contributed by atoms with Gasteiger partial charge in [0.1, 0.15) is 0 Å². The average Bonchev–Trinajstić information content (AvgIpc) is 2.45.